The van der Waals surface area contributed by atoms with Crippen LogP contribution in [0.5, 0.6) is 0 Å². The Morgan fingerprint density at radius 2 is 0.930 bits per heavy atom. The van der Waals surface area contributed by atoms with Gasteiger partial charge in [0.1, 0.15) is 12.6 Å². The number of carboxylic acid groups (broad SMARTS) is 1. The molecule has 332 valence electrons. The lowest BCUT2D eigenvalue weighted by Gasteiger charge is -2.34. The molecule has 0 amide bonds. The number of unbranched alkanes of at least 4 members (excludes halogenated alkanes) is 22. The second-order valence-electron chi connectivity index (χ2n) is 17.0. The van der Waals surface area contributed by atoms with Crippen molar-refractivity contribution in [2.45, 2.75) is 219 Å². The summed E-state index contributed by atoms with van der Waals surface area (Å²) in [5.74, 6) is -1.75. The predicted octanol–water partition coefficient (Wildman–Crippen LogP) is 11.7. The van der Waals surface area contributed by atoms with Crippen molar-refractivity contribution < 1.29 is 38.2 Å². The van der Waals surface area contributed by atoms with Crippen molar-refractivity contribution in [1.82, 2.24) is 0 Å². The van der Waals surface area contributed by atoms with Crippen LogP contribution in [0.2, 0.25) is 0 Å². The molecule has 0 fully saturated rings. The lowest BCUT2D eigenvalue weighted by molar-refractivity contribution is -0.889. The van der Waals surface area contributed by atoms with E-state index in [1.165, 1.54) is 109 Å². The summed E-state index contributed by atoms with van der Waals surface area (Å²) in [6.07, 6.45) is 45.9. The number of carbonyl (C=O) groups is 3. The van der Waals surface area contributed by atoms with Crippen LogP contribution >= 0.6 is 0 Å². The summed E-state index contributed by atoms with van der Waals surface area (Å²) in [4.78, 5) is 36.9. The van der Waals surface area contributed by atoms with Gasteiger partial charge in [-0.25, -0.2) is 0 Å². The third-order valence-corrected chi connectivity index (χ3v) is 10.5. The minimum atomic E-state index is -1.13. The van der Waals surface area contributed by atoms with Crippen molar-refractivity contribution in [2.24, 2.45) is 0 Å². The molecule has 0 heterocycles. The molecule has 0 saturated carbocycles. The quantitative estimate of drug-likeness (QED) is 0.0262. The Morgan fingerprint density at radius 3 is 1.40 bits per heavy atom. The third kappa shape index (κ3) is 38.8. The Labute approximate surface area is 351 Å². The Morgan fingerprint density at radius 1 is 0.526 bits per heavy atom. The maximum atomic E-state index is 12.7. The number of esters is 2. The van der Waals surface area contributed by atoms with Gasteiger partial charge in [0, 0.05) is 19.3 Å². The number of likely N-dealkylation sites (N-methyl/N-ethyl adjacent to an activating group) is 1. The van der Waals surface area contributed by atoms with E-state index in [-0.39, 0.29) is 42.7 Å². The summed E-state index contributed by atoms with van der Waals surface area (Å²) in [7, 11) is 5.41. The number of allylic oxidation sites excluding steroid dienone is 6. The zero-order valence-electron chi connectivity index (χ0n) is 37.8. The largest absolute Gasteiger partial charge is 0.544 e. The number of aliphatic carboxylic acids is 1. The van der Waals surface area contributed by atoms with E-state index >= 15 is 0 Å². The molecular weight excluding hydrogens is 715 g/mol. The Bertz CT molecular complexity index is 1030. The standard InChI is InChI=1S/C49H89NO7/c1-6-8-10-12-14-16-18-20-22-24-26-28-30-32-34-36-38-40-48(52)57-45(43-55-42-41-46(49(53)54)50(3,4)5)44-56-47(51)39-37-35-33-31-29-27-25-23-21-19-17-15-13-11-9-7-2/h14,16,20,22-23,25,45-46H,6-13,15,17-19,21,24,26-44H2,1-5H3/b16-14-,22-20-,25-23-. The smallest absolute Gasteiger partial charge is 0.306 e. The molecule has 0 aromatic carbocycles. The van der Waals surface area contributed by atoms with E-state index in [9.17, 15) is 19.5 Å². The van der Waals surface area contributed by atoms with Crippen LogP contribution in [0.3, 0.4) is 0 Å². The maximum absolute atomic E-state index is 12.7. The van der Waals surface area contributed by atoms with E-state index in [0.717, 1.165) is 64.2 Å². The van der Waals surface area contributed by atoms with Crippen LogP contribution in [0.1, 0.15) is 206 Å². The highest BCUT2D eigenvalue weighted by Gasteiger charge is 2.25. The van der Waals surface area contributed by atoms with Gasteiger partial charge in [0.25, 0.3) is 0 Å². The molecule has 8 nitrogen and oxygen atoms in total. The monoisotopic (exact) mass is 804 g/mol. The van der Waals surface area contributed by atoms with Gasteiger partial charge >= 0.3 is 11.9 Å². The van der Waals surface area contributed by atoms with Crippen molar-refractivity contribution in [2.75, 3.05) is 41.0 Å². The average molecular weight is 804 g/mol. The molecule has 2 unspecified atom stereocenters. The molecule has 0 aromatic heterocycles. The van der Waals surface area contributed by atoms with Gasteiger partial charge < -0.3 is 28.6 Å². The topological polar surface area (TPSA) is 102 Å². The molecule has 0 rings (SSSR count). The number of hydrogen-bond donors (Lipinski definition) is 0. The van der Waals surface area contributed by atoms with Crippen LogP contribution in [0.25, 0.3) is 0 Å². The molecule has 0 aliphatic rings. The molecule has 0 radical (unpaired) electrons. The highest BCUT2D eigenvalue weighted by molar-refractivity contribution is 5.70. The molecule has 0 saturated heterocycles. The van der Waals surface area contributed by atoms with Crippen LogP contribution in [0, 0.1) is 0 Å². The highest BCUT2D eigenvalue weighted by atomic mass is 16.6. The van der Waals surface area contributed by atoms with Crippen molar-refractivity contribution in [3.05, 3.63) is 36.5 Å². The van der Waals surface area contributed by atoms with Crippen LogP contribution < -0.4 is 5.11 Å². The third-order valence-electron chi connectivity index (χ3n) is 10.5. The normalized spacial score (nSPS) is 13.2. The highest BCUT2D eigenvalue weighted by Crippen LogP contribution is 2.14. The number of hydrogen-bond acceptors (Lipinski definition) is 7. The fourth-order valence-electron chi connectivity index (χ4n) is 6.80. The van der Waals surface area contributed by atoms with Gasteiger partial charge in [0.15, 0.2) is 6.10 Å². The molecule has 0 aliphatic heterocycles. The fourth-order valence-corrected chi connectivity index (χ4v) is 6.80. The Hall–Kier alpha value is -2.45. The molecular formula is C49H89NO7. The van der Waals surface area contributed by atoms with Crippen LogP contribution in [0.4, 0.5) is 0 Å². The van der Waals surface area contributed by atoms with E-state index in [1.54, 1.807) is 21.1 Å². The first kappa shape index (κ1) is 54.6. The number of rotatable bonds is 42. The molecule has 0 N–H and O–H groups in total. The zero-order chi connectivity index (χ0) is 42.1. The lowest BCUT2D eigenvalue weighted by Crippen LogP contribution is -2.55. The molecule has 0 aromatic rings. The summed E-state index contributed by atoms with van der Waals surface area (Å²) >= 11 is 0. The number of quaternary nitrogens is 1. The first-order valence-corrected chi connectivity index (χ1v) is 23.5. The first-order chi connectivity index (χ1) is 27.6. The average Bonchev–Trinajstić information content (AvgIpc) is 3.17. The van der Waals surface area contributed by atoms with Gasteiger partial charge in [0.2, 0.25) is 0 Å². The van der Waals surface area contributed by atoms with Crippen molar-refractivity contribution in [1.29, 1.82) is 0 Å². The molecule has 8 heteroatoms. The minimum absolute atomic E-state index is 0.0361. The number of nitrogens with zero attached hydrogens (tertiary/aromatic N) is 1. The summed E-state index contributed by atoms with van der Waals surface area (Å²) in [6.45, 7) is 4.63. The van der Waals surface area contributed by atoms with Gasteiger partial charge in [-0.3, -0.25) is 9.59 Å². The van der Waals surface area contributed by atoms with E-state index in [2.05, 4.69) is 50.3 Å². The second-order valence-corrected chi connectivity index (χ2v) is 17.0. The summed E-state index contributed by atoms with van der Waals surface area (Å²) < 4.78 is 17.2. The van der Waals surface area contributed by atoms with Crippen LogP contribution in [0.15, 0.2) is 36.5 Å². The van der Waals surface area contributed by atoms with Gasteiger partial charge in [-0.2, -0.15) is 0 Å². The van der Waals surface area contributed by atoms with Gasteiger partial charge in [-0.05, 0) is 70.6 Å². The molecule has 2 atom stereocenters. The van der Waals surface area contributed by atoms with Crippen molar-refractivity contribution >= 4 is 17.9 Å². The summed E-state index contributed by atoms with van der Waals surface area (Å²) in [5, 5.41) is 11.6. The number of carbonyl (C=O) groups excluding carboxylic acids is 3. The zero-order valence-corrected chi connectivity index (χ0v) is 37.8. The Kier molecular flexibility index (Phi) is 38.6. The fraction of sp³-hybridized carbons (Fsp3) is 0.816. The maximum Gasteiger partial charge on any atom is 0.306 e. The van der Waals surface area contributed by atoms with Gasteiger partial charge in [0.05, 0.1) is 40.3 Å². The molecule has 0 spiro atoms. The van der Waals surface area contributed by atoms with Crippen LogP contribution in [-0.4, -0.2) is 75.5 Å². The number of ether oxygens (including phenoxy) is 3. The van der Waals surface area contributed by atoms with Crippen LogP contribution in [-0.2, 0) is 28.6 Å². The number of carboxylic acids is 1. The van der Waals surface area contributed by atoms with E-state index < -0.39 is 18.1 Å². The SMILES string of the molecule is CCCCC/C=C\C/C=C\CCCCCCCCCC(=O)OC(COCCC(C(=O)[O-])[N+](C)(C)C)COC(=O)CCCCCCC/C=C\CCCCCCCCC. The van der Waals surface area contributed by atoms with E-state index in [0.29, 0.717) is 12.8 Å². The first-order valence-electron chi connectivity index (χ1n) is 23.5. The summed E-state index contributed by atoms with van der Waals surface area (Å²) in [5.41, 5.74) is 0. The lowest BCUT2D eigenvalue weighted by atomic mass is 10.1. The van der Waals surface area contributed by atoms with Gasteiger partial charge in [-0.15, -0.1) is 0 Å². The molecule has 0 bridgehead atoms. The van der Waals surface area contributed by atoms with Crippen molar-refractivity contribution in [3.63, 3.8) is 0 Å². The Balaban J connectivity index is 4.33. The minimum Gasteiger partial charge on any atom is -0.544 e. The predicted molar refractivity (Wildman–Crippen MR) is 236 cm³/mol. The van der Waals surface area contributed by atoms with Gasteiger partial charge in [-0.1, -0.05) is 153 Å². The van der Waals surface area contributed by atoms with E-state index in [4.69, 9.17) is 14.2 Å². The molecule has 57 heavy (non-hydrogen) atoms. The summed E-state index contributed by atoms with van der Waals surface area (Å²) in [6, 6.07) is -0.728. The van der Waals surface area contributed by atoms with Crippen molar-refractivity contribution in [3.8, 4) is 0 Å². The molecule has 0 aliphatic carbocycles. The second kappa shape index (κ2) is 40.3. The van der Waals surface area contributed by atoms with E-state index in [1.807, 2.05) is 0 Å².